The number of aliphatic hydroxyl groups is 2. The van der Waals surface area contributed by atoms with E-state index in [-0.39, 0.29) is 44.2 Å². The largest absolute Gasteiger partial charge is 0.481 e. The Hall–Kier alpha value is -6.28. The number of carbonyl (C=O) groups excluding carboxylic acids is 7. The molecule has 2 aromatic rings. The number of halogens is 2. The Labute approximate surface area is 402 Å². The van der Waals surface area contributed by atoms with Crippen molar-refractivity contribution in [3.05, 3.63) is 101 Å². The van der Waals surface area contributed by atoms with Gasteiger partial charge in [-0.1, -0.05) is 49.4 Å². The zero-order chi connectivity index (χ0) is 50.9. The number of nitrogens with one attached hydrogen (secondary N) is 3. The molecule has 5 aliphatic rings. The maximum absolute atomic E-state index is 17.8. The zero-order valence-electron chi connectivity index (χ0n) is 39.2. The predicted octanol–water partition coefficient (Wildman–Crippen LogP) is 3.52. The molecule has 17 nitrogen and oxygen atoms in total. The van der Waals surface area contributed by atoms with Crippen LogP contribution < -0.4 is 16.0 Å². The van der Waals surface area contributed by atoms with Crippen LogP contribution >= 0.6 is 0 Å². The highest BCUT2D eigenvalue weighted by Crippen LogP contribution is 2.69. The predicted molar refractivity (Wildman–Crippen MR) is 245 cm³/mol. The number of carboxylic acid groups (broad SMARTS) is 1. The first-order valence-corrected chi connectivity index (χ1v) is 23.2. The third kappa shape index (κ3) is 10.0. The molecule has 0 radical (unpaired) electrons. The summed E-state index contributed by atoms with van der Waals surface area (Å²) in [7, 11) is 1.43. The van der Waals surface area contributed by atoms with Crippen LogP contribution in [0.2, 0.25) is 0 Å². The Bertz CT molecular complexity index is 2500. The van der Waals surface area contributed by atoms with Gasteiger partial charge < -0.3 is 40.7 Å². The number of aliphatic carboxylic acids is 1. The number of nitrogens with zero attached hydrogens (tertiary/aromatic N) is 1. The van der Waals surface area contributed by atoms with E-state index in [1.165, 1.54) is 33.1 Å². The molecule has 0 bridgehead atoms. The van der Waals surface area contributed by atoms with Crippen molar-refractivity contribution >= 4 is 52.8 Å². The first-order valence-electron chi connectivity index (χ1n) is 23.2. The van der Waals surface area contributed by atoms with Crippen LogP contribution in [0.15, 0.2) is 84.5 Å². The second-order valence-electron chi connectivity index (χ2n) is 19.3. The summed E-state index contributed by atoms with van der Waals surface area (Å²) in [4.78, 5) is 100. The number of fused-ring (bicyclic) bond motifs is 5. The van der Waals surface area contributed by atoms with Gasteiger partial charge in [0.1, 0.15) is 24.9 Å². The van der Waals surface area contributed by atoms with Crippen LogP contribution in [0.3, 0.4) is 0 Å². The lowest BCUT2D eigenvalue weighted by Gasteiger charge is -2.62. The molecule has 0 aromatic heterocycles. The number of carbonyl (C=O) groups is 8. The molecule has 0 saturated heterocycles. The summed E-state index contributed by atoms with van der Waals surface area (Å²) >= 11 is 0. The van der Waals surface area contributed by atoms with E-state index in [1.54, 1.807) is 43.3 Å². The average molecular weight is 973 g/mol. The second kappa shape index (κ2) is 20.6. The van der Waals surface area contributed by atoms with Gasteiger partial charge in [0.05, 0.1) is 18.1 Å². The van der Waals surface area contributed by atoms with Gasteiger partial charge in [0, 0.05) is 61.2 Å². The monoisotopic (exact) mass is 972 g/mol. The molecule has 12 atom stereocenters. The molecule has 0 spiro atoms. The van der Waals surface area contributed by atoms with Crippen molar-refractivity contribution in [1.29, 1.82) is 0 Å². The molecule has 5 amide bonds. The maximum Gasteiger partial charge on any atom is 0.303 e. The first-order chi connectivity index (χ1) is 33.1. The number of methoxy groups -OCH3 is 1. The number of ether oxygens (including phenoxy) is 2. The lowest BCUT2D eigenvalue weighted by atomic mass is 9.45. The number of imide groups is 1. The molecular formula is C51H58F2N4O13. The lowest BCUT2D eigenvalue weighted by molar-refractivity contribution is -0.203. The Morgan fingerprint density at radius 3 is 2.14 bits per heavy atom. The molecule has 19 heteroatoms. The van der Waals surface area contributed by atoms with E-state index in [4.69, 9.17) is 9.47 Å². The summed E-state index contributed by atoms with van der Waals surface area (Å²) in [6, 6.07) is 11.8. The number of hydrogen-bond acceptors (Lipinski definition) is 12. The van der Waals surface area contributed by atoms with Gasteiger partial charge in [-0.15, -0.1) is 0 Å². The van der Waals surface area contributed by atoms with Crippen LogP contribution in [-0.4, -0.2) is 124 Å². The Morgan fingerprint density at radius 1 is 0.886 bits per heavy atom. The van der Waals surface area contributed by atoms with E-state index in [1.807, 2.05) is 12.1 Å². The number of aliphatic hydroxyl groups excluding tert-OH is 2. The fraction of sp³-hybridized carbons (Fsp3) is 0.490. The van der Waals surface area contributed by atoms with Gasteiger partial charge in [-0.2, -0.15) is 0 Å². The molecule has 70 heavy (non-hydrogen) atoms. The molecular weight excluding hydrogens is 915 g/mol. The van der Waals surface area contributed by atoms with E-state index >= 15 is 8.78 Å². The van der Waals surface area contributed by atoms with Crippen LogP contribution in [-0.2, 0) is 54.3 Å². The van der Waals surface area contributed by atoms with Crippen LogP contribution in [0.4, 0.5) is 14.5 Å². The number of anilines is 1. The molecule has 2 aromatic carbocycles. The van der Waals surface area contributed by atoms with Crippen molar-refractivity contribution in [1.82, 2.24) is 15.5 Å². The Kier molecular flexibility index (Phi) is 15.2. The minimum Gasteiger partial charge on any atom is -0.481 e. The molecule has 374 valence electrons. The third-order valence-electron chi connectivity index (χ3n) is 15.0. The number of ketones is 2. The molecule has 3 saturated carbocycles. The number of carboxylic acids is 1. The van der Waals surface area contributed by atoms with Gasteiger partial charge in [0.25, 0.3) is 11.8 Å². The summed E-state index contributed by atoms with van der Waals surface area (Å²) in [6.45, 7) is 3.63. The van der Waals surface area contributed by atoms with Gasteiger partial charge >= 0.3 is 5.97 Å². The van der Waals surface area contributed by atoms with Gasteiger partial charge in [-0.25, -0.2) is 8.78 Å². The molecule has 6 N–H and O–H groups in total. The summed E-state index contributed by atoms with van der Waals surface area (Å²) in [5.41, 5.74) is -2.24. The van der Waals surface area contributed by atoms with Crippen LogP contribution in [0, 0.1) is 28.6 Å². The first kappa shape index (κ1) is 51.6. The Balaban J connectivity index is 0.952. The van der Waals surface area contributed by atoms with E-state index in [0.717, 1.165) is 34.3 Å². The fourth-order valence-corrected chi connectivity index (χ4v) is 11.5. The number of hydrogen-bond donors (Lipinski definition) is 6. The molecule has 7 rings (SSSR count). The van der Waals surface area contributed by atoms with Gasteiger partial charge in [0.2, 0.25) is 17.7 Å². The van der Waals surface area contributed by atoms with Crippen LogP contribution in [0.25, 0.3) is 0 Å². The fourth-order valence-electron chi connectivity index (χ4n) is 11.5. The van der Waals surface area contributed by atoms with E-state index in [9.17, 15) is 53.7 Å². The van der Waals surface area contributed by atoms with Gasteiger partial charge in [-0.05, 0) is 98.3 Å². The number of amides is 5. The molecule has 4 aliphatic carbocycles. The summed E-state index contributed by atoms with van der Waals surface area (Å²) < 4.78 is 46.1. The Morgan fingerprint density at radius 2 is 1.53 bits per heavy atom. The SMILES string of the molecule is CO[C@H](O[C@@H]1C[C@H]2[C@@H]3C[C@H](F)C4=CC(=O)C=C[C@]4(C)[C@@]3(F)[C@@H](O)C[C@]2(C)[C@H]1C(=O)CO)c1ccc(Cc2ccc(NC(=O)[C@H](C)NC(=O)[C@H](CCC(=O)O)NC(=O)CCN3C(=O)C=CC3=O)cc2)cc1. The quantitative estimate of drug-likeness (QED) is 0.0872. The van der Waals surface area contributed by atoms with Crippen molar-refractivity contribution in [3.63, 3.8) is 0 Å². The van der Waals surface area contributed by atoms with Crippen molar-refractivity contribution in [3.8, 4) is 0 Å². The van der Waals surface area contributed by atoms with Crippen LogP contribution in [0.5, 0.6) is 0 Å². The minimum atomic E-state index is -2.35. The minimum absolute atomic E-state index is 0.00468. The van der Waals surface area contributed by atoms with Crippen molar-refractivity contribution in [2.75, 3.05) is 25.6 Å². The number of Topliss-reactive ketones (excluding diaryl/α,β-unsaturated/α-hetero) is 1. The molecule has 3 fully saturated rings. The van der Waals surface area contributed by atoms with Crippen molar-refractivity contribution in [2.45, 2.75) is 108 Å². The highest BCUT2D eigenvalue weighted by Gasteiger charge is 2.73. The number of allylic oxidation sites excluding steroid dienone is 4. The highest BCUT2D eigenvalue weighted by atomic mass is 19.1. The normalized spacial score (nSPS) is 30.1. The molecule has 0 unspecified atom stereocenters. The number of benzene rings is 2. The zero-order valence-corrected chi connectivity index (χ0v) is 39.2. The average Bonchev–Trinajstić information content (AvgIpc) is 3.80. The van der Waals surface area contributed by atoms with Gasteiger partial charge in [-0.3, -0.25) is 43.3 Å². The second-order valence-corrected chi connectivity index (χ2v) is 19.3. The van der Waals surface area contributed by atoms with E-state index < -0.39 is 131 Å². The smallest absolute Gasteiger partial charge is 0.303 e. The van der Waals surface area contributed by atoms with Crippen molar-refractivity contribution < 1.29 is 71.9 Å². The van der Waals surface area contributed by atoms with Crippen LogP contribution in [0.1, 0.15) is 82.3 Å². The standard InChI is InChI=1S/C51H58F2N4O13/c1-27(54-47(68)37(13-16-44(65)66)56-41(62)18-20-57-42(63)14-15-43(57)64)46(67)55-31-11-7-29(8-12-31)21-28-5-9-30(10-6-28)48(69-4)70-39-24-33-34-23-36(52)35-22-32(59)17-19-50(35,3)51(34,53)40(61)25-49(33,2)45(39)38(60)26-58/h5-12,14-15,17,19,22,27,33-34,36-37,39-40,45,48,58,61H,13,16,18,20-21,23-26H2,1-4H3,(H,54,68)(H,55,67)(H,56,62)(H,65,66)/t27-,33-,34-,36-,37-,39+,40-,45-,48+,49-,50-,51-/m0/s1. The van der Waals surface area contributed by atoms with E-state index in [2.05, 4.69) is 16.0 Å². The number of alkyl halides is 2. The van der Waals surface area contributed by atoms with E-state index in [0.29, 0.717) is 17.7 Å². The summed E-state index contributed by atoms with van der Waals surface area (Å²) in [5, 5.41) is 38.6. The summed E-state index contributed by atoms with van der Waals surface area (Å²) in [6.07, 6.45) is -0.254. The van der Waals surface area contributed by atoms with Gasteiger partial charge in [0.15, 0.2) is 23.5 Å². The highest BCUT2D eigenvalue weighted by molar-refractivity contribution is 6.13. The number of rotatable bonds is 19. The molecule has 1 aliphatic heterocycles. The lowest BCUT2D eigenvalue weighted by Crippen LogP contribution is -2.68. The van der Waals surface area contributed by atoms with Crippen molar-refractivity contribution in [2.24, 2.45) is 28.6 Å². The summed E-state index contributed by atoms with van der Waals surface area (Å²) in [5.74, 6) is -8.13. The topological polar surface area (TPSA) is 255 Å². The maximum atomic E-state index is 17.8. The molecule has 1 heterocycles. The third-order valence-corrected chi connectivity index (χ3v) is 15.0.